The molecule has 0 saturated carbocycles. The highest BCUT2D eigenvalue weighted by Gasteiger charge is 2.29. The van der Waals surface area contributed by atoms with E-state index in [0.29, 0.717) is 25.2 Å². The third-order valence-corrected chi connectivity index (χ3v) is 4.20. The molecule has 0 spiro atoms. The van der Waals surface area contributed by atoms with Crippen molar-refractivity contribution in [1.82, 2.24) is 20.0 Å². The van der Waals surface area contributed by atoms with E-state index >= 15 is 0 Å². The number of halogens is 1. The van der Waals surface area contributed by atoms with Crippen LogP contribution in [0.5, 0.6) is 0 Å². The van der Waals surface area contributed by atoms with Gasteiger partial charge in [-0.3, -0.25) is 9.59 Å². The summed E-state index contributed by atoms with van der Waals surface area (Å²) >= 11 is 0. The van der Waals surface area contributed by atoms with Crippen LogP contribution >= 0.6 is 0 Å². The Morgan fingerprint density at radius 3 is 2.92 bits per heavy atom. The number of nitrogens with zero attached hydrogens (tertiary/aromatic N) is 3. The summed E-state index contributed by atoms with van der Waals surface area (Å²) in [6.45, 7) is 4.56. The van der Waals surface area contributed by atoms with Crippen LogP contribution in [-0.2, 0) is 4.79 Å². The molecule has 1 aliphatic heterocycles. The summed E-state index contributed by atoms with van der Waals surface area (Å²) in [5, 5.41) is 7.09. The molecule has 2 heterocycles. The molecule has 7 heteroatoms. The van der Waals surface area contributed by atoms with Gasteiger partial charge >= 0.3 is 0 Å². The minimum Gasteiger partial charge on any atom is -0.354 e. The molecule has 126 valence electrons. The number of nitrogens with one attached hydrogen (secondary N) is 1. The molecule has 1 unspecified atom stereocenters. The number of hydrogen-bond donors (Lipinski definition) is 1. The first-order valence-corrected chi connectivity index (χ1v) is 7.88. The average molecular weight is 330 g/mol. The molecule has 1 aliphatic rings. The summed E-state index contributed by atoms with van der Waals surface area (Å²) < 4.78 is 14.8. The molecule has 1 saturated heterocycles. The van der Waals surface area contributed by atoms with E-state index in [1.165, 1.54) is 17.0 Å². The normalized spacial score (nSPS) is 18.2. The third-order valence-electron chi connectivity index (χ3n) is 4.20. The Labute approximate surface area is 139 Å². The summed E-state index contributed by atoms with van der Waals surface area (Å²) in [6, 6.07) is 5.47. The van der Waals surface area contributed by atoms with Crippen LogP contribution in [0.1, 0.15) is 29.4 Å². The molecule has 0 aliphatic carbocycles. The van der Waals surface area contributed by atoms with Gasteiger partial charge in [-0.05, 0) is 50.1 Å². The van der Waals surface area contributed by atoms with Crippen molar-refractivity contribution in [3.8, 4) is 5.69 Å². The number of carbonyl (C=O) groups is 2. The highest BCUT2D eigenvalue weighted by molar-refractivity contribution is 5.96. The van der Waals surface area contributed by atoms with Gasteiger partial charge in [-0.25, -0.2) is 9.07 Å². The molecule has 3 rings (SSSR count). The fourth-order valence-corrected chi connectivity index (χ4v) is 2.82. The number of aryl methyl sites for hydroxylation is 1. The van der Waals surface area contributed by atoms with Crippen molar-refractivity contribution >= 4 is 11.8 Å². The van der Waals surface area contributed by atoms with Crippen LogP contribution in [0.15, 0.2) is 30.5 Å². The number of hydrogen-bond acceptors (Lipinski definition) is 3. The second-order valence-electron chi connectivity index (χ2n) is 5.90. The molecular weight excluding hydrogens is 311 g/mol. The predicted octanol–water partition coefficient (Wildman–Crippen LogP) is 1.67. The van der Waals surface area contributed by atoms with Gasteiger partial charge in [-0.1, -0.05) is 0 Å². The second kappa shape index (κ2) is 6.43. The van der Waals surface area contributed by atoms with Crippen molar-refractivity contribution < 1.29 is 14.0 Å². The van der Waals surface area contributed by atoms with E-state index in [2.05, 4.69) is 10.4 Å². The van der Waals surface area contributed by atoms with E-state index in [-0.39, 0.29) is 23.3 Å². The lowest BCUT2D eigenvalue weighted by Crippen LogP contribution is -2.45. The monoisotopic (exact) mass is 330 g/mol. The van der Waals surface area contributed by atoms with Crippen molar-refractivity contribution in [2.45, 2.75) is 26.3 Å². The van der Waals surface area contributed by atoms with Gasteiger partial charge in [0.25, 0.3) is 5.91 Å². The lowest BCUT2D eigenvalue weighted by molar-refractivity contribution is -0.124. The molecule has 0 bridgehead atoms. The smallest absolute Gasteiger partial charge is 0.275 e. The molecule has 6 nitrogen and oxygen atoms in total. The van der Waals surface area contributed by atoms with Crippen molar-refractivity contribution in [3.05, 3.63) is 47.5 Å². The Balaban J connectivity index is 1.87. The zero-order chi connectivity index (χ0) is 17.3. The number of benzene rings is 1. The van der Waals surface area contributed by atoms with E-state index < -0.39 is 6.04 Å². The first-order chi connectivity index (χ1) is 11.5. The minimum atomic E-state index is -0.530. The lowest BCUT2D eigenvalue weighted by Gasteiger charge is -2.24. The molecule has 1 N–H and O–H groups in total. The lowest BCUT2D eigenvalue weighted by atomic mass is 10.2. The van der Waals surface area contributed by atoms with Crippen LogP contribution in [0.2, 0.25) is 0 Å². The van der Waals surface area contributed by atoms with Gasteiger partial charge in [-0.15, -0.1) is 0 Å². The largest absolute Gasteiger partial charge is 0.354 e. The number of amides is 2. The van der Waals surface area contributed by atoms with Crippen LogP contribution in [-0.4, -0.2) is 45.6 Å². The van der Waals surface area contributed by atoms with Crippen LogP contribution < -0.4 is 5.32 Å². The molecular formula is C17H19FN4O2. The maximum Gasteiger partial charge on any atom is 0.275 e. The van der Waals surface area contributed by atoms with Crippen LogP contribution in [0.4, 0.5) is 4.39 Å². The summed E-state index contributed by atoms with van der Waals surface area (Å²) in [7, 11) is 0. The highest BCUT2D eigenvalue weighted by atomic mass is 19.1. The van der Waals surface area contributed by atoms with Gasteiger partial charge in [0, 0.05) is 19.3 Å². The highest BCUT2D eigenvalue weighted by Crippen LogP contribution is 2.16. The number of aromatic nitrogens is 2. The topological polar surface area (TPSA) is 67.2 Å². The molecule has 1 aromatic carbocycles. The van der Waals surface area contributed by atoms with Gasteiger partial charge in [-0.2, -0.15) is 5.10 Å². The SMILES string of the molecule is Cc1cc(F)ccc1-n1ccc(C(=O)N2CCCNC(=O)C2C)n1. The predicted molar refractivity (Wildman–Crippen MR) is 86.4 cm³/mol. The molecule has 2 amide bonds. The molecule has 0 radical (unpaired) electrons. The van der Waals surface area contributed by atoms with E-state index in [1.54, 1.807) is 36.9 Å². The number of carbonyl (C=O) groups excluding carboxylic acids is 2. The quantitative estimate of drug-likeness (QED) is 0.911. The van der Waals surface area contributed by atoms with Crippen LogP contribution in [0, 0.1) is 12.7 Å². The maximum absolute atomic E-state index is 13.2. The zero-order valence-corrected chi connectivity index (χ0v) is 13.6. The number of rotatable bonds is 2. The first kappa shape index (κ1) is 16.2. The fraction of sp³-hybridized carbons (Fsp3) is 0.353. The Bertz CT molecular complexity index is 787. The maximum atomic E-state index is 13.2. The standard InChI is InChI=1S/C17H19FN4O2/c1-11-10-13(18)4-5-15(11)22-9-6-14(20-22)17(24)21-8-3-7-19-16(23)12(21)2/h4-6,9-10,12H,3,7-8H2,1-2H3,(H,19,23). The fourth-order valence-electron chi connectivity index (χ4n) is 2.82. The molecule has 2 aromatic rings. The van der Waals surface area contributed by atoms with Crippen molar-refractivity contribution in [1.29, 1.82) is 0 Å². The van der Waals surface area contributed by atoms with E-state index in [9.17, 15) is 14.0 Å². The van der Waals surface area contributed by atoms with Gasteiger partial charge in [0.1, 0.15) is 11.9 Å². The first-order valence-electron chi connectivity index (χ1n) is 7.88. The van der Waals surface area contributed by atoms with E-state index in [0.717, 1.165) is 5.56 Å². The van der Waals surface area contributed by atoms with Gasteiger partial charge < -0.3 is 10.2 Å². The second-order valence-corrected chi connectivity index (χ2v) is 5.90. The summed E-state index contributed by atoms with van der Waals surface area (Å²) in [5.41, 5.74) is 1.69. The Kier molecular flexibility index (Phi) is 4.33. The van der Waals surface area contributed by atoms with Crippen LogP contribution in [0.3, 0.4) is 0 Å². The van der Waals surface area contributed by atoms with E-state index in [4.69, 9.17) is 0 Å². The Hall–Kier alpha value is -2.70. The zero-order valence-electron chi connectivity index (χ0n) is 13.6. The summed E-state index contributed by atoms with van der Waals surface area (Å²) in [6.07, 6.45) is 2.37. The Morgan fingerprint density at radius 2 is 2.17 bits per heavy atom. The van der Waals surface area contributed by atoms with Crippen LogP contribution in [0.25, 0.3) is 5.69 Å². The molecule has 1 aromatic heterocycles. The van der Waals surface area contributed by atoms with Crippen molar-refractivity contribution in [2.24, 2.45) is 0 Å². The van der Waals surface area contributed by atoms with Gasteiger partial charge in [0.2, 0.25) is 5.91 Å². The van der Waals surface area contributed by atoms with E-state index in [1.807, 2.05) is 0 Å². The van der Waals surface area contributed by atoms with Crippen molar-refractivity contribution in [2.75, 3.05) is 13.1 Å². The van der Waals surface area contributed by atoms with Gasteiger partial charge in [0.15, 0.2) is 5.69 Å². The third kappa shape index (κ3) is 3.02. The van der Waals surface area contributed by atoms with Crippen molar-refractivity contribution in [3.63, 3.8) is 0 Å². The summed E-state index contributed by atoms with van der Waals surface area (Å²) in [4.78, 5) is 26.1. The summed E-state index contributed by atoms with van der Waals surface area (Å²) in [5.74, 6) is -0.753. The molecule has 24 heavy (non-hydrogen) atoms. The molecule has 1 fully saturated rings. The average Bonchev–Trinajstić information content (AvgIpc) is 2.96. The minimum absolute atomic E-state index is 0.158. The Morgan fingerprint density at radius 1 is 1.38 bits per heavy atom. The molecule has 1 atom stereocenters. The van der Waals surface area contributed by atoms with Gasteiger partial charge in [0.05, 0.1) is 5.69 Å².